The van der Waals surface area contributed by atoms with E-state index in [4.69, 9.17) is 4.74 Å². The van der Waals surface area contributed by atoms with Crippen LogP contribution in [0.2, 0.25) is 0 Å². The van der Waals surface area contributed by atoms with Crippen molar-refractivity contribution in [1.82, 2.24) is 5.32 Å². The fourth-order valence-corrected chi connectivity index (χ4v) is 5.38. The molecule has 2 aromatic heterocycles. The standard InChI is InChI=1S/C17H19NO3S2/c19-15(21-12-9-16(10-12)5-6-18-11-16)17(20,13-3-1-7-22-13)14-4-2-8-23-14/h1-4,7-8,12,18,20H,5-6,9-11H2. The molecule has 1 saturated heterocycles. The van der Waals surface area contributed by atoms with Gasteiger partial charge in [0.2, 0.25) is 5.60 Å². The smallest absolute Gasteiger partial charge is 0.349 e. The molecule has 0 amide bonds. The Morgan fingerprint density at radius 3 is 2.39 bits per heavy atom. The first-order chi connectivity index (χ1) is 11.1. The van der Waals surface area contributed by atoms with Crippen LogP contribution in [0, 0.1) is 5.41 Å². The third-order valence-electron chi connectivity index (χ3n) is 4.98. The van der Waals surface area contributed by atoms with Crippen molar-refractivity contribution in [2.45, 2.75) is 31.0 Å². The summed E-state index contributed by atoms with van der Waals surface area (Å²) in [6.07, 6.45) is 2.88. The minimum Gasteiger partial charge on any atom is -0.460 e. The Bertz CT molecular complexity index is 633. The quantitative estimate of drug-likeness (QED) is 0.834. The average Bonchev–Trinajstić information content (AvgIpc) is 3.25. The van der Waals surface area contributed by atoms with Crippen LogP contribution in [0.3, 0.4) is 0 Å². The Labute approximate surface area is 143 Å². The Hall–Kier alpha value is -1.21. The fraction of sp³-hybridized carbons (Fsp3) is 0.471. The Kier molecular flexibility index (Phi) is 3.80. The molecular formula is C17H19NO3S2. The highest BCUT2D eigenvalue weighted by Gasteiger charge is 2.51. The minimum absolute atomic E-state index is 0.0751. The molecule has 0 aromatic carbocycles. The summed E-state index contributed by atoms with van der Waals surface area (Å²) < 4.78 is 5.68. The van der Waals surface area contributed by atoms with E-state index in [1.165, 1.54) is 22.7 Å². The highest BCUT2D eigenvalue weighted by Crippen LogP contribution is 2.48. The summed E-state index contributed by atoms with van der Waals surface area (Å²) >= 11 is 2.75. The number of carbonyl (C=O) groups is 1. The monoisotopic (exact) mass is 349 g/mol. The zero-order valence-corrected chi connectivity index (χ0v) is 14.3. The van der Waals surface area contributed by atoms with Crippen LogP contribution in [0.25, 0.3) is 0 Å². The van der Waals surface area contributed by atoms with E-state index in [1.807, 2.05) is 22.9 Å². The number of ether oxygens (including phenoxy) is 1. The van der Waals surface area contributed by atoms with Crippen LogP contribution >= 0.6 is 22.7 Å². The Morgan fingerprint density at radius 2 is 1.91 bits per heavy atom. The van der Waals surface area contributed by atoms with E-state index >= 15 is 0 Å². The molecule has 3 heterocycles. The summed E-state index contributed by atoms with van der Waals surface area (Å²) in [5.41, 5.74) is -1.37. The third-order valence-corrected chi connectivity index (χ3v) is 6.94. The van der Waals surface area contributed by atoms with Crippen molar-refractivity contribution in [3.63, 3.8) is 0 Å². The number of rotatable bonds is 4. The van der Waals surface area contributed by atoms with Crippen LogP contribution in [-0.2, 0) is 15.1 Å². The highest BCUT2D eigenvalue weighted by atomic mass is 32.1. The molecule has 2 aliphatic rings. The number of nitrogens with one attached hydrogen (secondary N) is 1. The molecule has 0 atom stereocenters. The lowest BCUT2D eigenvalue weighted by Gasteiger charge is -2.44. The first-order valence-corrected chi connectivity index (χ1v) is 9.61. The van der Waals surface area contributed by atoms with Crippen molar-refractivity contribution in [2.75, 3.05) is 13.1 Å². The van der Waals surface area contributed by atoms with Crippen LogP contribution in [0.4, 0.5) is 0 Å². The van der Waals surface area contributed by atoms with Gasteiger partial charge in [-0.3, -0.25) is 0 Å². The topological polar surface area (TPSA) is 58.6 Å². The minimum atomic E-state index is -1.68. The van der Waals surface area contributed by atoms with Crippen molar-refractivity contribution in [2.24, 2.45) is 5.41 Å². The number of aliphatic hydroxyl groups is 1. The highest BCUT2D eigenvalue weighted by molar-refractivity contribution is 7.12. The molecule has 23 heavy (non-hydrogen) atoms. The average molecular weight is 349 g/mol. The summed E-state index contributed by atoms with van der Waals surface area (Å²) in [7, 11) is 0. The van der Waals surface area contributed by atoms with Gasteiger partial charge >= 0.3 is 5.97 Å². The van der Waals surface area contributed by atoms with E-state index in [0.29, 0.717) is 15.2 Å². The van der Waals surface area contributed by atoms with Crippen LogP contribution < -0.4 is 5.32 Å². The second-order valence-corrected chi connectivity index (χ2v) is 8.42. The zero-order chi connectivity index (χ0) is 15.9. The second-order valence-electron chi connectivity index (χ2n) is 6.53. The zero-order valence-electron chi connectivity index (χ0n) is 12.7. The lowest BCUT2D eigenvalue weighted by Crippen LogP contribution is -2.48. The Balaban J connectivity index is 1.52. The van der Waals surface area contributed by atoms with Crippen molar-refractivity contribution in [3.8, 4) is 0 Å². The molecule has 0 bridgehead atoms. The lowest BCUT2D eigenvalue weighted by atomic mass is 9.66. The summed E-state index contributed by atoms with van der Waals surface area (Å²) in [5, 5.41) is 18.3. The van der Waals surface area contributed by atoms with Gasteiger partial charge in [0.05, 0.1) is 9.75 Å². The molecule has 0 unspecified atom stereocenters. The Morgan fingerprint density at radius 1 is 1.26 bits per heavy atom. The van der Waals surface area contributed by atoms with Gasteiger partial charge in [0, 0.05) is 6.54 Å². The second kappa shape index (κ2) is 5.70. The summed E-state index contributed by atoms with van der Waals surface area (Å²) in [4.78, 5) is 14.0. The molecule has 1 aliphatic carbocycles. The van der Waals surface area contributed by atoms with Crippen molar-refractivity contribution >= 4 is 28.6 Å². The van der Waals surface area contributed by atoms with E-state index in [9.17, 15) is 9.90 Å². The van der Waals surface area contributed by atoms with Crippen LogP contribution in [0.15, 0.2) is 35.0 Å². The van der Waals surface area contributed by atoms with Crippen LogP contribution in [0.5, 0.6) is 0 Å². The SMILES string of the molecule is O=C(OC1CC2(CCNC2)C1)C(O)(c1cccs1)c1cccs1. The molecule has 2 aromatic rings. The molecule has 4 rings (SSSR count). The van der Waals surface area contributed by atoms with Gasteiger partial charge in [-0.25, -0.2) is 4.79 Å². The summed E-state index contributed by atoms with van der Waals surface area (Å²) in [6.45, 7) is 2.07. The van der Waals surface area contributed by atoms with Gasteiger partial charge in [-0.2, -0.15) is 0 Å². The van der Waals surface area contributed by atoms with Crippen molar-refractivity contribution in [3.05, 3.63) is 44.8 Å². The summed E-state index contributed by atoms with van der Waals surface area (Å²) in [5.74, 6) is -0.548. The van der Waals surface area contributed by atoms with E-state index in [-0.39, 0.29) is 6.10 Å². The number of hydrogen-bond donors (Lipinski definition) is 2. The predicted octanol–water partition coefficient (Wildman–Crippen LogP) is 2.73. The van der Waals surface area contributed by atoms with E-state index < -0.39 is 11.6 Å². The number of carbonyl (C=O) groups excluding carboxylic acids is 1. The van der Waals surface area contributed by atoms with Gasteiger partial charge in [0.1, 0.15) is 6.10 Å². The number of esters is 1. The molecule has 122 valence electrons. The molecule has 1 saturated carbocycles. The van der Waals surface area contributed by atoms with Gasteiger partial charge in [-0.15, -0.1) is 22.7 Å². The molecule has 2 fully saturated rings. The van der Waals surface area contributed by atoms with Crippen LogP contribution in [-0.4, -0.2) is 30.3 Å². The normalized spacial score (nSPS) is 27.1. The molecule has 4 nitrogen and oxygen atoms in total. The predicted molar refractivity (Wildman–Crippen MR) is 90.7 cm³/mol. The first-order valence-electron chi connectivity index (χ1n) is 7.85. The number of hydrogen-bond acceptors (Lipinski definition) is 6. The molecule has 2 N–H and O–H groups in total. The van der Waals surface area contributed by atoms with Gasteiger partial charge in [0.25, 0.3) is 0 Å². The first kappa shape index (κ1) is 15.3. The lowest BCUT2D eigenvalue weighted by molar-refractivity contribution is -0.178. The van der Waals surface area contributed by atoms with E-state index in [2.05, 4.69) is 5.32 Å². The van der Waals surface area contributed by atoms with Gasteiger partial charge in [0.15, 0.2) is 0 Å². The maximum Gasteiger partial charge on any atom is 0.349 e. The molecular weight excluding hydrogens is 330 g/mol. The van der Waals surface area contributed by atoms with E-state index in [1.54, 1.807) is 12.1 Å². The third kappa shape index (κ3) is 2.54. The van der Waals surface area contributed by atoms with Crippen molar-refractivity contribution < 1.29 is 14.6 Å². The summed E-state index contributed by atoms with van der Waals surface area (Å²) in [6, 6.07) is 7.26. The maximum atomic E-state index is 12.8. The molecule has 6 heteroatoms. The molecule has 0 radical (unpaired) electrons. The van der Waals surface area contributed by atoms with Gasteiger partial charge < -0.3 is 15.2 Å². The van der Waals surface area contributed by atoms with E-state index in [0.717, 1.165) is 32.4 Å². The molecule has 1 aliphatic heterocycles. The van der Waals surface area contributed by atoms with Crippen LogP contribution in [0.1, 0.15) is 29.0 Å². The maximum absolute atomic E-state index is 12.8. The fourth-order valence-electron chi connectivity index (χ4n) is 3.66. The largest absolute Gasteiger partial charge is 0.460 e. The molecule has 1 spiro atoms. The van der Waals surface area contributed by atoms with Gasteiger partial charge in [-0.05, 0) is 54.1 Å². The van der Waals surface area contributed by atoms with Crippen molar-refractivity contribution in [1.29, 1.82) is 0 Å². The number of thiophene rings is 2. The van der Waals surface area contributed by atoms with Gasteiger partial charge in [-0.1, -0.05) is 12.1 Å².